The van der Waals surface area contributed by atoms with E-state index in [4.69, 9.17) is 0 Å². The molecular weight excluding hydrogens is 255 g/mol. The number of hydrogen-bond acceptors (Lipinski definition) is 4. The minimum Gasteiger partial charge on any atom is -0.384 e. The summed E-state index contributed by atoms with van der Waals surface area (Å²) in [6.45, 7) is 2.79. The number of halogens is 1. The molecular formula is C12H13FN2S2. The summed E-state index contributed by atoms with van der Waals surface area (Å²) in [6.07, 6.45) is 0. The van der Waals surface area contributed by atoms with Crippen LogP contribution in [0.3, 0.4) is 0 Å². The minimum atomic E-state index is -0.210. The van der Waals surface area contributed by atoms with Crippen LogP contribution >= 0.6 is 23.1 Å². The Morgan fingerprint density at radius 1 is 1.47 bits per heavy atom. The van der Waals surface area contributed by atoms with E-state index in [1.165, 1.54) is 12.1 Å². The lowest BCUT2D eigenvalue weighted by molar-refractivity contribution is 0.628. The molecule has 0 aliphatic carbocycles. The summed E-state index contributed by atoms with van der Waals surface area (Å²) in [7, 11) is 0. The van der Waals surface area contributed by atoms with Crippen LogP contribution in [0.1, 0.15) is 5.69 Å². The van der Waals surface area contributed by atoms with Gasteiger partial charge in [0.2, 0.25) is 0 Å². The van der Waals surface area contributed by atoms with Crippen molar-refractivity contribution in [1.29, 1.82) is 0 Å². The quantitative estimate of drug-likeness (QED) is 0.659. The maximum Gasteiger partial charge on any atom is 0.150 e. The molecule has 1 aromatic carbocycles. The zero-order valence-corrected chi connectivity index (χ0v) is 11.1. The molecule has 1 heterocycles. The van der Waals surface area contributed by atoms with Crippen molar-refractivity contribution >= 4 is 28.8 Å². The molecule has 0 amide bonds. The highest BCUT2D eigenvalue weighted by Crippen LogP contribution is 2.22. The van der Waals surface area contributed by atoms with Gasteiger partial charge in [-0.2, -0.15) is 0 Å². The van der Waals surface area contributed by atoms with Gasteiger partial charge in [-0.15, -0.1) is 11.3 Å². The Bertz CT molecular complexity index is 485. The van der Waals surface area contributed by atoms with E-state index >= 15 is 0 Å². The predicted molar refractivity (Wildman–Crippen MR) is 72.5 cm³/mol. The molecule has 0 aliphatic heterocycles. The molecule has 2 nitrogen and oxygen atoms in total. The Morgan fingerprint density at radius 3 is 3.06 bits per heavy atom. The average molecular weight is 268 g/mol. The first-order valence-electron chi connectivity index (χ1n) is 5.28. The highest BCUT2D eigenvalue weighted by atomic mass is 32.2. The molecule has 0 spiro atoms. The first kappa shape index (κ1) is 12.4. The van der Waals surface area contributed by atoms with Gasteiger partial charge in [-0.1, -0.05) is 17.8 Å². The van der Waals surface area contributed by atoms with Crippen molar-refractivity contribution in [2.75, 3.05) is 17.6 Å². The van der Waals surface area contributed by atoms with Crippen LogP contribution in [0.25, 0.3) is 0 Å². The molecule has 0 saturated heterocycles. The third-order valence-corrected chi connectivity index (χ3v) is 4.22. The summed E-state index contributed by atoms with van der Waals surface area (Å²) in [5.74, 6) is 0.710. The molecule has 2 aromatic rings. The van der Waals surface area contributed by atoms with E-state index in [1.807, 2.05) is 18.4 Å². The van der Waals surface area contributed by atoms with Gasteiger partial charge < -0.3 is 5.32 Å². The third-order valence-electron chi connectivity index (χ3n) is 2.08. The van der Waals surface area contributed by atoms with Gasteiger partial charge in [0, 0.05) is 29.1 Å². The van der Waals surface area contributed by atoms with Crippen LogP contribution < -0.4 is 5.32 Å². The molecule has 0 aliphatic rings. The van der Waals surface area contributed by atoms with E-state index in [2.05, 4.69) is 10.3 Å². The van der Waals surface area contributed by atoms with Crippen molar-refractivity contribution in [2.24, 2.45) is 0 Å². The number of thiazole rings is 1. The zero-order chi connectivity index (χ0) is 12.1. The van der Waals surface area contributed by atoms with E-state index in [0.717, 1.165) is 28.0 Å². The SMILES string of the molecule is Cc1csc(SCCNc2cccc(F)c2)n1. The van der Waals surface area contributed by atoms with E-state index in [0.29, 0.717) is 0 Å². The van der Waals surface area contributed by atoms with Crippen molar-refractivity contribution in [2.45, 2.75) is 11.3 Å². The number of benzene rings is 1. The molecule has 0 unspecified atom stereocenters. The summed E-state index contributed by atoms with van der Waals surface area (Å²) in [5.41, 5.74) is 1.89. The van der Waals surface area contributed by atoms with Crippen molar-refractivity contribution in [1.82, 2.24) is 4.98 Å². The van der Waals surface area contributed by atoms with Gasteiger partial charge in [-0.25, -0.2) is 9.37 Å². The number of anilines is 1. The smallest absolute Gasteiger partial charge is 0.150 e. The normalized spacial score (nSPS) is 10.5. The van der Waals surface area contributed by atoms with Gasteiger partial charge in [0.15, 0.2) is 0 Å². The monoisotopic (exact) mass is 268 g/mol. The van der Waals surface area contributed by atoms with Gasteiger partial charge in [-0.3, -0.25) is 0 Å². The van der Waals surface area contributed by atoms with Gasteiger partial charge in [0.1, 0.15) is 10.2 Å². The fraction of sp³-hybridized carbons (Fsp3) is 0.250. The number of rotatable bonds is 5. The lowest BCUT2D eigenvalue weighted by Gasteiger charge is -2.04. The van der Waals surface area contributed by atoms with Gasteiger partial charge in [0.05, 0.1) is 0 Å². The van der Waals surface area contributed by atoms with Crippen LogP contribution in [0, 0.1) is 12.7 Å². The van der Waals surface area contributed by atoms with Crippen molar-refractivity contribution in [3.8, 4) is 0 Å². The molecule has 1 aromatic heterocycles. The molecule has 0 fully saturated rings. The molecule has 1 N–H and O–H groups in total. The van der Waals surface area contributed by atoms with Crippen LogP contribution in [0.2, 0.25) is 0 Å². The lowest BCUT2D eigenvalue weighted by atomic mass is 10.3. The topological polar surface area (TPSA) is 24.9 Å². The second kappa shape index (κ2) is 6.02. The average Bonchev–Trinajstić information content (AvgIpc) is 2.71. The molecule has 90 valence electrons. The van der Waals surface area contributed by atoms with Crippen LogP contribution in [0.4, 0.5) is 10.1 Å². The first-order chi connectivity index (χ1) is 8.24. The molecule has 0 atom stereocenters. The lowest BCUT2D eigenvalue weighted by Crippen LogP contribution is -2.03. The van der Waals surface area contributed by atoms with Crippen molar-refractivity contribution < 1.29 is 4.39 Å². The maximum atomic E-state index is 12.9. The van der Waals surface area contributed by atoms with Gasteiger partial charge >= 0.3 is 0 Å². The van der Waals surface area contributed by atoms with Crippen LogP contribution in [0.15, 0.2) is 34.0 Å². The fourth-order valence-corrected chi connectivity index (χ4v) is 3.11. The number of nitrogens with zero attached hydrogens (tertiary/aromatic N) is 1. The summed E-state index contributed by atoms with van der Waals surface area (Å²) in [4.78, 5) is 4.36. The molecule has 2 rings (SSSR count). The number of nitrogens with one attached hydrogen (secondary N) is 1. The molecule has 17 heavy (non-hydrogen) atoms. The number of aryl methyl sites for hydroxylation is 1. The van der Waals surface area contributed by atoms with Crippen LogP contribution in [0.5, 0.6) is 0 Å². The van der Waals surface area contributed by atoms with E-state index in [-0.39, 0.29) is 5.82 Å². The number of thioether (sulfide) groups is 1. The van der Waals surface area contributed by atoms with E-state index in [9.17, 15) is 4.39 Å². The summed E-state index contributed by atoms with van der Waals surface area (Å²) >= 11 is 3.38. The highest BCUT2D eigenvalue weighted by molar-refractivity contribution is 8.01. The summed E-state index contributed by atoms with van der Waals surface area (Å²) < 4.78 is 14.0. The second-order valence-corrected chi connectivity index (χ2v) is 5.74. The van der Waals surface area contributed by atoms with Gasteiger partial charge in [-0.05, 0) is 25.1 Å². The molecule has 0 radical (unpaired) electrons. The molecule has 5 heteroatoms. The Hall–Kier alpha value is -1.07. The Labute approximate surface area is 108 Å². The Balaban J connectivity index is 1.73. The Morgan fingerprint density at radius 2 is 2.35 bits per heavy atom. The van der Waals surface area contributed by atoms with Crippen LogP contribution in [-0.2, 0) is 0 Å². The van der Waals surface area contributed by atoms with Crippen molar-refractivity contribution in [3.63, 3.8) is 0 Å². The maximum absolute atomic E-state index is 12.9. The largest absolute Gasteiger partial charge is 0.384 e. The minimum absolute atomic E-state index is 0.210. The van der Waals surface area contributed by atoms with E-state index in [1.54, 1.807) is 29.2 Å². The number of hydrogen-bond donors (Lipinski definition) is 1. The van der Waals surface area contributed by atoms with Gasteiger partial charge in [0.25, 0.3) is 0 Å². The molecule has 0 saturated carbocycles. The first-order valence-corrected chi connectivity index (χ1v) is 7.15. The van der Waals surface area contributed by atoms with Crippen LogP contribution in [-0.4, -0.2) is 17.3 Å². The summed E-state index contributed by atoms with van der Waals surface area (Å²) in [6, 6.07) is 6.51. The number of aromatic nitrogens is 1. The molecule has 0 bridgehead atoms. The highest BCUT2D eigenvalue weighted by Gasteiger charge is 1.99. The van der Waals surface area contributed by atoms with E-state index < -0.39 is 0 Å². The Kier molecular flexibility index (Phi) is 4.39. The van der Waals surface area contributed by atoms with Crippen molar-refractivity contribution in [3.05, 3.63) is 41.2 Å². The zero-order valence-electron chi connectivity index (χ0n) is 9.44. The standard InChI is InChI=1S/C12H13FN2S2/c1-9-8-17-12(15-9)16-6-5-14-11-4-2-3-10(13)7-11/h2-4,7-8,14H,5-6H2,1H3. The third kappa shape index (κ3) is 4.02. The summed E-state index contributed by atoms with van der Waals surface area (Å²) in [5, 5.41) is 5.22. The second-order valence-electron chi connectivity index (χ2n) is 3.54. The fourth-order valence-electron chi connectivity index (χ4n) is 1.33. The predicted octanol–water partition coefficient (Wildman–Crippen LogP) is 3.79.